The largest absolute Gasteiger partial charge is 0.462 e. The van der Waals surface area contributed by atoms with Crippen LogP contribution >= 0.6 is 0 Å². The number of aryl methyl sites for hydroxylation is 1. The van der Waals surface area contributed by atoms with Gasteiger partial charge in [-0.15, -0.1) is 0 Å². The second kappa shape index (κ2) is 15.9. The van der Waals surface area contributed by atoms with Crippen molar-refractivity contribution in [1.29, 1.82) is 0 Å². The van der Waals surface area contributed by atoms with Crippen LogP contribution in [-0.4, -0.2) is 100.0 Å². The molecule has 2 N–H and O–H groups in total. The van der Waals surface area contributed by atoms with Gasteiger partial charge in [0.25, 0.3) is 5.91 Å². The number of alkyl carbamates (subject to hydrolysis) is 1. The Morgan fingerprint density at radius 1 is 1.06 bits per heavy atom. The van der Waals surface area contributed by atoms with Crippen molar-refractivity contribution in [1.82, 2.24) is 25.5 Å². The summed E-state index contributed by atoms with van der Waals surface area (Å²) in [5.74, 6) is -3.91. The Bertz CT molecular complexity index is 1750. The van der Waals surface area contributed by atoms with Gasteiger partial charge in [0.1, 0.15) is 35.0 Å². The van der Waals surface area contributed by atoms with Gasteiger partial charge in [0.05, 0.1) is 17.9 Å². The van der Waals surface area contributed by atoms with E-state index < -0.39 is 70.9 Å². The number of carbonyl (C=O) groups excluding carboxylic acids is 5. The Kier molecular flexibility index (Phi) is 12.2. The number of hydrogen-bond donors (Lipinski definition) is 2. The third-order valence-electron chi connectivity index (χ3n) is 8.62. The number of benzene rings is 1. The van der Waals surface area contributed by atoms with Crippen LogP contribution in [0.4, 0.5) is 22.4 Å². The van der Waals surface area contributed by atoms with Crippen molar-refractivity contribution in [3.8, 4) is 0 Å². The highest BCUT2D eigenvalue weighted by Gasteiger charge is 2.56. The van der Waals surface area contributed by atoms with Crippen LogP contribution in [0.3, 0.4) is 0 Å². The van der Waals surface area contributed by atoms with Gasteiger partial charge >= 0.3 is 18.2 Å². The Morgan fingerprint density at radius 3 is 2.40 bits per heavy atom. The van der Waals surface area contributed by atoms with Gasteiger partial charge in [0.2, 0.25) is 11.8 Å². The molecule has 1 saturated heterocycles. The number of halogens is 4. The number of ether oxygens (including phenoxy) is 2. The van der Waals surface area contributed by atoms with Gasteiger partial charge in [-0.05, 0) is 84.2 Å². The van der Waals surface area contributed by atoms with Crippen molar-refractivity contribution in [2.24, 2.45) is 10.5 Å². The van der Waals surface area contributed by atoms with Gasteiger partial charge in [0, 0.05) is 37.8 Å². The fourth-order valence-electron chi connectivity index (χ4n) is 6.16. The molecule has 0 radical (unpaired) electrons. The van der Waals surface area contributed by atoms with Crippen LogP contribution in [0, 0.1) is 11.2 Å². The SMILES string of the molecule is CCOC(=O)c1cc(F)ccc1CCC(NC(=O)C(C)(C)NC(=O)OC(C)(C)C)C(=O)N1CCC2=NN(CC(F)(F)F)C(=O)[C@]2(Cc2ccccn2)C1. The second-order valence-electron chi connectivity index (χ2n) is 14.5. The van der Waals surface area contributed by atoms with Crippen molar-refractivity contribution >= 4 is 35.5 Å². The molecule has 53 heavy (non-hydrogen) atoms. The van der Waals surface area contributed by atoms with Crippen LogP contribution in [0.25, 0.3) is 0 Å². The summed E-state index contributed by atoms with van der Waals surface area (Å²) in [6.45, 7) is 7.27. The molecule has 4 amide bonds. The molecule has 2 aromatic rings. The van der Waals surface area contributed by atoms with Crippen LogP contribution in [0.15, 0.2) is 47.7 Å². The van der Waals surface area contributed by atoms with Gasteiger partial charge in [0.15, 0.2) is 0 Å². The fourth-order valence-corrected chi connectivity index (χ4v) is 6.16. The maximum absolute atomic E-state index is 14.5. The summed E-state index contributed by atoms with van der Waals surface area (Å²) in [5.41, 5.74) is -3.37. The number of fused-ring (bicyclic) bond motifs is 1. The first-order valence-electron chi connectivity index (χ1n) is 17.1. The lowest BCUT2D eigenvalue weighted by atomic mass is 9.74. The molecule has 17 heteroatoms. The number of pyridine rings is 1. The minimum absolute atomic E-state index is 0.0192. The van der Waals surface area contributed by atoms with E-state index >= 15 is 0 Å². The third kappa shape index (κ3) is 10.3. The number of rotatable bonds is 12. The molecule has 1 aromatic heterocycles. The molecular weight excluding hydrogens is 704 g/mol. The lowest BCUT2D eigenvalue weighted by molar-refractivity contribution is -0.164. The van der Waals surface area contributed by atoms with Crippen molar-refractivity contribution in [2.45, 2.75) is 90.6 Å². The predicted molar refractivity (Wildman–Crippen MR) is 183 cm³/mol. The monoisotopic (exact) mass is 748 g/mol. The molecule has 3 heterocycles. The van der Waals surface area contributed by atoms with E-state index in [0.717, 1.165) is 12.1 Å². The van der Waals surface area contributed by atoms with Gasteiger partial charge in [-0.1, -0.05) is 12.1 Å². The minimum Gasteiger partial charge on any atom is -0.462 e. The standard InChI is InChI=1S/C36H44F4N6O7/c1-7-52-29(48)25-18-23(37)13-11-22(25)12-14-26(42-30(49)34(5,6)43-32(51)53-33(2,3)4)28(47)45-17-15-27-35(20-45,19-24-10-8-9-16-41-24)31(50)46(44-27)21-36(38,39)40/h8-11,13,16,18,26H,7,12,14-15,17,19-21H2,1-6H3,(H,42,49)(H,43,51)/t26?,35-/m1/s1. The van der Waals surface area contributed by atoms with E-state index in [-0.39, 0.29) is 56.7 Å². The van der Waals surface area contributed by atoms with Crippen LogP contribution < -0.4 is 10.6 Å². The number of nitrogens with one attached hydrogen (secondary N) is 2. The van der Waals surface area contributed by atoms with Crippen LogP contribution in [-0.2, 0) is 36.7 Å². The average molecular weight is 749 g/mol. The highest BCUT2D eigenvalue weighted by atomic mass is 19.4. The summed E-state index contributed by atoms with van der Waals surface area (Å²) in [6.07, 6.45) is -4.55. The van der Waals surface area contributed by atoms with Crippen LogP contribution in [0.1, 0.15) is 76.0 Å². The molecule has 1 aromatic carbocycles. The maximum Gasteiger partial charge on any atom is 0.408 e. The Morgan fingerprint density at radius 2 is 1.77 bits per heavy atom. The van der Waals surface area contributed by atoms with E-state index in [2.05, 4.69) is 20.7 Å². The van der Waals surface area contributed by atoms with E-state index in [9.17, 15) is 41.5 Å². The maximum atomic E-state index is 14.5. The Hall–Kier alpha value is -5.09. The van der Waals surface area contributed by atoms with Crippen molar-refractivity contribution < 1.29 is 51.0 Å². The number of carbonyl (C=O) groups is 5. The number of alkyl halides is 3. The average Bonchev–Trinajstić information content (AvgIpc) is 3.30. The fraction of sp³-hybridized carbons (Fsp3) is 0.528. The highest BCUT2D eigenvalue weighted by molar-refractivity contribution is 6.14. The molecule has 4 rings (SSSR count). The number of hydrazone groups is 1. The van der Waals surface area contributed by atoms with Gasteiger partial charge in [-0.2, -0.15) is 18.3 Å². The first-order valence-corrected chi connectivity index (χ1v) is 17.1. The molecule has 0 bridgehead atoms. The van der Waals surface area contributed by atoms with Gasteiger partial charge in [-0.3, -0.25) is 19.4 Å². The number of hydrogen-bond acceptors (Lipinski definition) is 9. The van der Waals surface area contributed by atoms with E-state index in [4.69, 9.17) is 9.47 Å². The molecule has 2 atom stereocenters. The predicted octanol–water partition coefficient (Wildman–Crippen LogP) is 4.34. The third-order valence-corrected chi connectivity index (χ3v) is 8.62. The summed E-state index contributed by atoms with van der Waals surface area (Å²) in [7, 11) is 0. The number of piperidine rings is 1. The minimum atomic E-state index is -4.74. The zero-order valence-corrected chi connectivity index (χ0v) is 30.4. The first kappa shape index (κ1) is 40.7. The van der Waals surface area contributed by atoms with E-state index in [1.165, 1.54) is 31.0 Å². The summed E-state index contributed by atoms with van der Waals surface area (Å²) < 4.78 is 65.1. The van der Waals surface area contributed by atoms with E-state index in [1.54, 1.807) is 45.9 Å². The number of aromatic nitrogens is 1. The van der Waals surface area contributed by atoms with Crippen molar-refractivity contribution in [3.05, 3.63) is 65.2 Å². The summed E-state index contributed by atoms with van der Waals surface area (Å²) in [5, 5.41) is 9.59. The highest BCUT2D eigenvalue weighted by Crippen LogP contribution is 2.39. The Balaban J connectivity index is 1.67. The zero-order chi connectivity index (χ0) is 39.4. The Labute approximate surface area is 304 Å². The number of nitrogens with zero attached hydrogens (tertiary/aromatic N) is 4. The van der Waals surface area contributed by atoms with Crippen molar-refractivity contribution in [2.75, 3.05) is 26.2 Å². The lowest BCUT2D eigenvalue weighted by Crippen LogP contribution is -2.62. The molecule has 1 unspecified atom stereocenters. The van der Waals surface area contributed by atoms with Crippen molar-refractivity contribution in [3.63, 3.8) is 0 Å². The first-order chi connectivity index (χ1) is 24.6. The van der Waals surface area contributed by atoms with Crippen LogP contribution in [0.5, 0.6) is 0 Å². The molecule has 13 nitrogen and oxygen atoms in total. The second-order valence-corrected chi connectivity index (χ2v) is 14.5. The number of amides is 4. The van der Waals surface area contributed by atoms with Gasteiger partial charge < -0.3 is 25.0 Å². The quantitative estimate of drug-likeness (QED) is 0.240. The molecule has 2 aliphatic rings. The normalized spacial score (nSPS) is 18.2. The number of esters is 1. The molecule has 0 aliphatic carbocycles. The van der Waals surface area contributed by atoms with E-state index in [1.807, 2.05) is 0 Å². The van der Waals surface area contributed by atoms with Gasteiger partial charge in [-0.25, -0.2) is 19.0 Å². The molecule has 2 aliphatic heterocycles. The summed E-state index contributed by atoms with van der Waals surface area (Å²) >= 11 is 0. The van der Waals surface area contributed by atoms with Crippen LogP contribution in [0.2, 0.25) is 0 Å². The summed E-state index contributed by atoms with van der Waals surface area (Å²) in [4.78, 5) is 72.8. The smallest absolute Gasteiger partial charge is 0.408 e. The topological polar surface area (TPSA) is 160 Å². The zero-order valence-electron chi connectivity index (χ0n) is 30.4. The molecule has 0 spiro atoms. The lowest BCUT2D eigenvalue weighted by Gasteiger charge is -2.41. The summed E-state index contributed by atoms with van der Waals surface area (Å²) in [6, 6.07) is 7.05. The number of likely N-dealkylation sites (tertiary alicyclic amines) is 1. The van der Waals surface area contributed by atoms with E-state index in [0.29, 0.717) is 16.3 Å². The molecular formula is C36H44F4N6O7. The molecule has 288 valence electrons. The molecule has 1 fully saturated rings. The molecule has 0 saturated carbocycles.